The third-order valence-electron chi connectivity index (χ3n) is 5.45. The van der Waals surface area contributed by atoms with Crippen LogP contribution >= 0.6 is 0 Å². The molecule has 0 aromatic heterocycles. The molecule has 1 aliphatic rings. The number of benzene rings is 3. The third-order valence-corrected chi connectivity index (χ3v) is 5.45. The van der Waals surface area contributed by atoms with Crippen LogP contribution in [0.3, 0.4) is 0 Å². The molecule has 0 saturated heterocycles. The number of anilines is 1. The summed E-state index contributed by atoms with van der Waals surface area (Å²) < 4.78 is 0. The van der Waals surface area contributed by atoms with Gasteiger partial charge in [0.2, 0.25) is 0 Å². The lowest BCUT2D eigenvalue weighted by molar-refractivity contribution is -0.136. The second kappa shape index (κ2) is 7.18. The van der Waals surface area contributed by atoms with E-state index in [0.29, 0.717) is 17.8 Å². The molecule has 1 atom stereocenters. The largest absolute Gasteiger partial charge is 0.507 e. The molecule has 0 bridgehead atoms. The molecule has 2 N–H and O–H groups in total. The highest BCUT2D eigenvalue weighted by atomic mass is 16.3. The van der Waals surface area contributed by atoms with Crippen molar-refractivity contribution in [1.82, 2.24) is 0 Å². The highest BCUT2D eigenvalue weighted by Crippen LogP contribution is 2.44. The minimum atomic E-state index is -1.97. The Morgan fingerprint density at radius 3 is 2.38 bits per heavy atom. The van der Waals surface area contributed by atoms with E-state index in [1.54, 1.807) is 36.4 Å². The molecular formula is C24H21NO4. The van der Waals surface area contributed by atoms with Crippen LogP contribution < -0.4 is 4.90 Å². The fourth-order valence-electron chi connectivity index (χ4n) is 3.83. The van der Waals surface area contributed by atoms with Crippen molar-refractivity contribution in [3.63, 3.8) is 0 Å². The number of aliphatic hydroxyl groups is 1. The molecule has 0 spiro atoms. The first-order chi connectivity index (χ1) is 13.9. The molecule has 0 aliphatic carbocycles. The second-order valence-electron chi connectivity index (χ2n) is 7.31. The molecule has 5 nitrogen and oxygen atoms in total. The summed E-state index contributed by atoms with van der Waals surface area (Å²) in [5.41, 5.74) is 1.11. The SMILES string of the molecule is Cc1ccccc1CN1C(=O)[C@@](O)(CC(=O)c2ccccc2O)c2ccccc21. The number of nitrogens with zero attached hydrogens (tertiary/aromatic N) is 1. The number of phenols is 1. The van der Waals surface area contributed by atoms with Crippen LogP contribution in [0.5, 0.6) is 5.75 Å². The standard InChI is InChI=1S/C24H21NO4/c1-16-8-2-3-9-17(16)15-25-20-12-6-5-11-19(20)24(29,23(25)28)14-22(27)18-10-4-7-13-21(18)26/h2-13,26,29H,14-15H2,1H3/t24-/m1/s1. The van der Waals surface area contributed by atoms with Crippen molar-refractivity contribution in [2.45, 2.75) is 25.5 Å². The lowest BCUT2D eigenvalue weighted by Crippen LogP contribution is -2.41. The van der Waals surface area contributed by atoms with E-state index in [9.17, 15) is 19.8 Å². The van der Waals surface area contributed by atoms with E-state index in [2.05, 4.69) is 0 Å². The molecule has 3 aromatic carbocycles. The maximum Gasteiger partial charge on any atom is 0.264 e. The number of phenolic OH excluding ortho intramolecular Hbond substituents is 1. The normalized spacial score (nSPS) is 18.0. The minimum absolute atomic E-state index is 0.0866. The number of aryl methyl sites for hydroxylation is 1. The topological polar surface area (TPSA) is 77.8 Å². The van der Waals surface area contributed by atoms with E-state index in [0.717, 1.165) is 11.1 Å². The van der Waals surface area contributed by atoms with Gasteiger partial charge in [-0.05, 0) is 36.2 Å². The molecule has 1 aliphatic heterocycles. The zero-order chi connectivity index (χ0) is 20.6. The van der Waals surface area contributed by atoms with Gasteiger partial charge >= 0.3 is 0 Å². The Bertz CT molecular complexity index is 1110. The van der Waals surface area contributed by atoms with Gasteiger partial charge in [0.25, 0.3) is 5.91 Å². The third kappa shape index (κ3) is 3.19. The number of fused-ring (bicyclic) bond motifs is 1. The molecule has 4 rings (SSSR count). The van der Waals surface area contributed by atoms with Crippen molar-refractivity contribution in [2.24, 2.45) is 0 Å². The highest BCUT2D eigenvalue weighted by Gasteiger charge is 2.50. The number of amides is 1. The summed E-state index contributed by atoms with van der Waals surface area (Å²) in [4.78, 5) is 27.6. The Hall–Kier alpha value is -3.44. The van der Waals surface area contributed by atoms with Crippen molar-refractivity contribution < 1.29 is 19.8 Å². The summed E-state index contributed by atoms with van der Waals surface area (Å²) in [6.07, 6.45) is -0.440. The summed E-state index contributed by atoms with van der Waals surface area (Å²) in [6, 6.07) is 20.9. The number of carbonyl (C=O) groups is 2. The van der Waals surface area contributed by atoms with Gasteiger partial charge in [-0.3, -0.25) is 9.59 Å². The van der Waals surface area contributed by atoms with Crippen LogP contribution in [0.1, 0.15) is 33.5 Å². The Kier molecular flexibility index (Phi) is 4.68. The zero-order valence-corrected chi connectivity index (χ0v) is 16.0. The van der Waals surface area contributed by atoms with Gasteiger partial charge in [-0.15, -0.1) is 0 Å². The Morgan fingerprint density at radius 2 is 1.62 bits per heavy atom. The monoisotopic (exact) mass is 387 g/mol. The predicted octanol–water partition coefficient (Wildman–Crippen LogP) is 3.71. The summed E-state index contributed by atoms with van der Waals surface area (Å²) in [6.45, 7) is 2.27. The molecule has 29 heavy (non-hydrogen) atoms. The number of Topliss-reactive ketones (excluding diaryl/α,β-unsaturated/α-hetero) is 1. The van der Waals surface area contributed by atoms with Gasteiger partial charge in [-0.2, -0.15) is 0 Å². The maximum absolute atomic E-state index is 13.3. The molecule has 3 aromatic rings. The molecular weight excluding hydrogens is 366 g/mol. The number of hydrogen-bond acceptors (Lipinski definition) is 4. The van der Waals surface area contributed by atoms with E-state index >= 15 is 0 Å². The summed E-state index contributed by atoms with van der Waals surface area (Å²) in [5, 5.41) is 21.3. The van der Waals surface area contributed by atoms with Crippen LogP contribution in [0.2, 0.25) is 0 Å². The van der Waals surface area contributed by atoms with Crippen molar-refractivity contribution in [3.8, 4) is 5.75 Å². The Labute approximate surface area is 168 Å². The van der Waals surface area contributed by atoms with Gasteiger partial charge in [-0.25, -0.2) is 0 Å². The van der Waals surface area contributed by atoms with E-state index in [4.69, 9.17) is 0 Å². The van der Waals surface area contributed by atoms with Gasteiger partial charge in [0.05, 0.1) is 24.2 Å². The average molecular weight is 387 g/mol. The molecule has 5 heteroatoms. The number of para-hydroxylation sites is 2. The quantitative estimate of drug-likeness (QED) is 0.655. The van der Waals surface area contributed by atoms with Crippen molar-refractivity contribution in [2.75, 3.05) is 4.90 Å². The van der Waals surface area contributed by atoms with Crippen LogP contribution in [0.4, 0.5) is 5.69 Å². The zero-order valence-electron chi connectivity index (χ0n) is 16.0. The van der Waals surface area contributed by atoms with E-state index in [1.165, 1.54) is 17.0 Å². The number of hydrogen-bond donors (Lipinski definition) is 2. The maximum atomic E-state index is 13.3. The molecule has 146 valence electrons. The van der Waals surface area contributed by atoms with Crippen LogP contribution in [0.15, 0.2) is 72.8 Å². The predicted molar refractivity (Wildman–Crippen MR) is 110 cm³/mol. The fraction of sp³-hybridized carbons (Fsp3) is 0.167. The first kappa shape index (κ1) is 18.9. The van der Waals surface area contributed by atoms with Crippen LogP contribution in [0.25, 0.3) is 0 Å². The Balaban J connectivity index is 1.71. The molecule has 0 radical (unpaired) electrons. The van der Waals surface area contributed by atoms with E-state index < -0.39 is 23.7 Å². The summed E-state index contributed by atoms with van der Waals surface area (Å²) >= 11 is 0. The molecule has 0 unspecified atom stereocenters. The first-order valence-electron chi connectivity index (χ1n) is 9.41. The van der Waals surface area contributed by atoms with Gasteiger partial charge in [0.15, 0.2) is 11.4 Å². The van der Waals surface area contributed by atoms with Gasteiger partial charge in [0.1, 0.15) is 5.75 Å². The number of aromatic hydroxyl groups is 1. The smallest absolute Gasteiger partial charge is 0.264 e. The van der Waals surface area contributed by atoms with Gasteiger partial charge in [-0.1, -0.05) is 54.6 Å². The summed E-state index contributed by atoms with van der Waals surface area (Å²) in [5.74, 6) is -1.20. The van der Waals surface area contributed by atoms with Gasteiger partial charge in [0, 0.05) is 5.56 Å². The van der Waals surface area contributed by atoms with Crippen LogP contribution in [0, 0.1) is 6.92 Å². The van der Waals surface area contributed by atoms with Crippen LogP contribution in [-0.4, -0.2) is 21.9 Å². The molecule has 0 saturated carbocycles. The second-order valence-corrected chi connectivity index (χ2v) is 7.31. The van der Waals surface area contributed by atoms with Gasteiger partial charge < -0.3 is 15.1 Å². The summed E-state index contributed by atoms with van der Waals surface area (Å²) in [7, 11) is 0. The molecule has 1 heterocycles. The van der Waals surface area contributed by atoms with E-state index in [1.807, 2.05) is 31.2 Å². The average Bonchev–Trinajstić information content (AvgIpc) is 2.92. The Morgan fingerprint density at radius 1 is 0.966 bits per heavy atom. The number of rotatable bonds is 5. The number of carbonyl (C=O) groups excluding carboxylic acids is 2. The lowest BCUT2D eigenvalue weighted by Gasteiger charge is -2.23. The van der Waals surface area contributed by atoms with E-state index in [-0.39, 0.29) is 11.3 Å². The molecule has 1 amide bonds. The van der Waals surface area contributed by atoms with Crippen LogP contribution in [-0.2, 0) is 16.9 Å². The van der Waals surface area contributed by atoms with Crippen molar-refractivity contribution in [1.29, 1.82) is 0 Å². The lowest BCUT2D eigenvalue weighted by atomic mass is 9.88. The molecule has 0 fully saturated rings. The highest BCUT2D eigenvalue weighted by molar-refractivity contribution is 6.11. The minimum Gasteiger partial charge on any atom is -0.507 e. The van der Waals surface area contributed by atoms with Crippen molar-refractivity contribution in [3.05, 3.63) is 95.1 Å². The fourth-order valence-corrected chi connectivity index (χ4v) is 3.83. The first-order valence-corrected chi connectivity index (χ1v) is 9.41. The number of ketones is 1. The van der Waals surface area contributed by atoms with Crippen molar-refractivity contribution >= 4 is 17.4 Å².